The molecule has 1 aromatic carbocycles. The van der Waals surface area contributed by atoms with E-state index in [0.717, 1.165) is 57.4 Å². The van der Waals surface area contributed by atoms with E-state index in [0.29, 0.717) is 6.61 Å². The molecule has 0 aliphatic rings. The minimum Gasteiger partial charge on any atom is -0.494 e. The quantitative estimate of drug-likeness (QED) is 0.374. The van der Waals surface area contributed by atoms with E-state index >= 15 is 0 Å². The van der Waals surface area contributed by atoms with Gasteiger partial charge in [0.2, 0.25) is 0 Å². The third-order valence-corrected chi connectivity index (χ3v) is 3.22. The molecule has 0 aromatic heterocycles. The molecule has 1 aromatic rings. The lowest BCUT2D eigenvalue weighted by atomic mass is 10.1. The highest BCUT2D eigenvalue weighted by Gasteiger charge is 2.03. The number of hydrogen-bond donors (Lipinski definition) is 2. The van der Waals surface area contributed by atoms with Gasteiger partial charge in [-0.15, -0.1) is 0 Å². The first-order valence-electron chi connectivity index (χ1n) is 8.62. The van der Waals surface area contributed by atoms with Gasteiger partial charge in [0, 0.05) is 32.8 Å². The molecular formula is C18H31N3O2. The first-order valence-corrected chi connectivity index (χ1v) is 8.62. The highest BCUT2D eigenvalue weighted by atomic mass is 16.5. The summed E-state index contributed by atoms with van der Waals surface area (Å²) in [7, 11) is 0. The van der Waals surface area contributed by atoms with Crippen LogP contribution in [0.5, 0.6) is 5.75 Å². The van der Waals surface area contributed by atoms with Crippen molar-refractivity contribution >= 4 is 5.96 Å². The molecule has 2 N–H and O–H groups in total. The molecule has 0 aliphatic heterocycles. The summed E-state index contributed by atoms with van der Waals surface area (Å²) in [5.74, 6) is 1.83. The largest absolute Gasteiger partial charge is 0.494 e. The van der Waals surface area contributed by atoms with Crippen LogP contribution in [-0.2, 0) is 11.2 Å². The number of hydrogen-bond acceptors (Lipinski definition) is 3. The van der Waals surface area contributed by atoms with Crippen LogP contribution in [0.25, 0.3) is 0 Å². The van der Waals surface area contributed by atoms with E-state index in [1.54, 1.807) is 0 Å². The predicted octanol–water partition coefficient (Wildman–Crippen LogP) is 2.61. The Hall–Kier alpha value is -1.75. The minimum atomic E-state index is 0.689. The highest BCUT2D eigenvalue weighted by Crippen LogP contribution is 2.17. The van der Waals surface area contributed by atoms with Crippen LogP contribution in [0, 0.1) is 0 Å². The Bertz CT molecular complexity index is 450. The lowest BCUT2D eigenvalue weighted by molar-refractivity contribution is 0.146. The van der Waals surface area contributed by atoms with E-state index in [1.165, 1.54) is 5.56 Å². The molecule has 0 saturated carbocycles. The molecule has 23 heavy (non-hydrogen) atoms. The van der Waals surface area contributed by atoms with Crippen molar-refractivity contribution in [3.8, 4) is 5.75 Å². The second-order valence-corrected chi connectivity index (χ2v) is 5.03. The molecule has 0 unspecified atom stereocenters. The molecular weight excluding hydrogens is 290 g/mol. The topological polar surface area (TPSA) is 54.9 Å². The van der Waals surface area contributed by atoms with Crippen LogP contribution in [0.1, 0.15) is 32.8 Å². The van der Waals surface area contributed by atoms with Gasteiger partial charge in [0.05, 0.1) is 6.61 Å². The van der Waals surface area contributed by atoms with E-state index in [1.807, 2.05) is 32.0 Å². The Labute approximate surface area is 140 Å². The number of nitrogens with one attached hydrogen (secondary N) is 2. The summed E-state index contributed by atoms with van der Waals surface area (Å²) in [4.78, 5) is 4.56. The lowest BCUT2D eigenvalue weighted by Gasteiger charge is -2.13. The van der Waals surface area contributed by atoms with Gasteiger partial charge in [-0.2, -0.15) is 0 Å². The molecule has 1 rings (SSSR count). The summed E-state index contributed by atoms with van der Waals surface area (Å²) in [6.07, 6.45) is 1.84. The van der Waals surface area contributed by atoms with Crippen molar-refractivity contribution in [2.24, 2.45) is 4.99 Å². The average molecular weight is 321 g/mol. The van der Waals surface area contributed by atoms with Crippen LogP contribution in [0.2, 0.25) is 0 Å². The van der Waals surface area contributed by atoms with E-state index in [4.69, 9.17) is 9.47 Å². The maximum atomic E-state index is 5.66. The van der Waals surface area contributed by atoms with Crippen LogP contribution >= 0.6 is 0 Å². The Balaban J connectivity index is 2.41. The summed E-state index contributed by atoms with van der Waals surface area (Å²) >= 11 is 0. The van der Waals surface area contributed by atoms with Crippen LogP contribution in [0.15, 0.2) is 29.3 Å². The molecule has 0 aliphatic carbocycles. The second-order valence-electron chi connectivity index (χ2n) is 5.03. The van der Waals surface area contributed by atoms with Crippen molar-refractivity contribution in [2.45, 2.75) is 33.6 Å². The number of ether oxygens (including phenoxy) is 2. The Morgan fingerprint density at radius 1 is 1.09 bits per heavy atom. The van der Waals surface area contributed by atoms with Gasteiger partial charge < -0.3 is 20.1 Å². The standard InChI is InChI=1S/C18H31N3O2/c1-4-19-18(20-13-9-15-22-5-2)21-14-12-16-10-7-8-11-17(16)23-6-3/h7-8,10-11H,4-6,9,12-15H2,1-3H3,(H2,19,20,21). The summed E-state index contributed by atoms with van der Waals surface area (Å²) < 4.78 is 11.0. The molecule has 0 bridgehead atoms. The molecule has 5 nitrogen and oxygen atoms in total. The number of guanidine groups is 1. The Morgan fingerprint density at radius 3 is 2.65 bits per heavy atom. The maximum absolute atomic E-state index is 5.66. The molecule has 0 radical (unpaired) electrons. The molecule has 130 valence electrons. The van der Waals surface area contributed by atoms with Gasteiger partial charge in [-0.3, -0.25) is 4.99 Å². The van der Waals surface area contributed by atoms with E-state index in [9.17, 15) is 0 Å². The van der Waals surface area contributed by atoms with Gasteiger partial charge in [0.15, 0.2) is 5.96 Å². The van der Waals surface area contributed by atoms with Crippen molar-refractivity contribution in [1.29, 1.82) is 0 Å². The zero-order valence-electron chi connectivity index (χ0n) is 14.7. The zero-order valence-corrected chi connectivity index (χ0v) is 14.7. The molecule has 0 amide bonds. The molecule has 5 heteroatoms. The third kappa shape index (κ3) is 8.45. The molecule has 0 spiro atoms. The summed E-state index contributed by atoms with van der Waals surface area (Å²) in [6.45, 7) is 10.7. The molecule has 0 atom stereocenters. The fraction of sp³-hybridized carbons (Fsp3) is 0.611. The highest BCUT2D eigenvalue weighted by molar-refractivity contribution is 5.79. The van der Waals surface area contributed by atoms with Gasteiger partial charge in [0.1, 0.15) is 5.75 Å². The number of para-hydroxylation sites is 1. The summed E-state index contributed by atoms with van der Waals surface area (Å²) in [5.41, 5.74) is 1.22. The minimum absolute atomic E-state index is 0.689. The van der Waals surface area contributed by atoms with Crippen LogP contribution in [-0.4, -0.2) is 45.4 Å². The van der Waals surface area contributed by atoms with Gasteiger partial charge in [0.25, 0.3) is 0 Å². The molecule has 0 heterocycles. The summed E-state index contributed by atoms with van der Waals surface area (Å²) in [6, 6.07) is 8.18. The smallest absolute Gasteiger partial charge is 0.191 e. The van der Waals surface area contributed by atoms with Crippen molar-refractivity contribution in [2.75, 3.05) is 39.5 Å². The third-order valence-electron chi connectivity index (χ3n) is 3.22. The SMILES string of the molecule is CCNC(=NCCCOCC)NCCc1ccccc1OCC. The van der Waals surface area contributed by atoms with Gasteiger partial charge >= 0.3 is 0 Å². The van der Waals surface area contributed by atoms with Crippen LogP contribution in [0.3, 0.4) is 0 Å². The Morgan fingerprint density at radius 2 is 1.91 bits per heavy atom. The first-order chi connectivity index (χ1) is 11.3. The Kier molecular flexibility index (Phi) is 10.7. The van der Waals surface area contributed by atoms with E-state index in [2.05, 4.69) is 28.6 Å². The van der Waals surface area contributed by atoms with Crippen LogP contribution < -0.4 is 15.4 Å². The normalized spacial score (nSPS) is 11.3. The number of aliphatic imine (C=N–C) groups is 1. The number of nitrogens with zero attached hydrogens (tertiary/aromatic N) is 1. The number of benzene rings is 1. The van der Waals surface area contributed by atoms with Gasteiger partial charge in [-0.1, -0.05) is 18.2 Å². The van der Waals surface area contributed by atoms with Crippen molar-refractivity contribution in [3.05, 3.63) is 29.8 Å². The zero-order chi connectivity index (χ0) is 16.8. The second kappa shape index (κ2) is 12.8. The van der Waals surface area contributed by atoms with Crippen molar-refractivity contribution in [3.63, 3.8) is 0 Å². The fourth-order valence-corrected chi connectivity index (χ4v) is 2.17. The van der Waals surface area contributed by atoms with Gasteiger partial charge in [-0.25, -0.2) is 0 Å². The molecule has 0 saturated heterocycles. The van der Waals surface area contributed by atoms with E-state index in [-0.39, 0.29) is 0 Å². The average Bonchev–Trinajstić information content (AvgIpc) is 2.56. The predicted molar refractivity (Wildman–Crippen MR) is 96.4 cm³/mol. The molecule has 0 fully saturated rings. The van der Waals surface area contributed by atoms with E-state index < -0.39 is 0 Å². The fourth-order valence-electron chi connectivity index (χ4n) is 2.17. The van der Waals surface area contributed by atoms with Crippen molar-refractivity contribution < 1.29 is 9.47 Å². The monoisotopic (exact) mass is 321 g/mol. The lowest BCUT2D eigenvalue weighted by Crippen LogP contribution is -2.38. The van der Waals surface area contributed by atoms with Crippen molar-refractivity contribution in [1.82, 2.24) is 10.6 Å². The maximum Gasteiger partial charge on any atom is 0.191 e. The number of rotatable bonds is 11. The summed E-state index contributed by atoms with van der Waals surface area (Å²) in [5, 5.41) is 6.64. The van der Waals surface area contributed by atoms with Crippen LogP contribution in [0.4, 0.5) is 0 Å². The van der Waals surface area contributed by atoms with Gasteiger partial charge in [-0.05, 0) is 45.2 Å². The first kappa shape index (κ1) is 19.3.